The Morgan fingerprint density at radius 2 is 1.85 bits per heavy atom. The second kappa shape index (κ2) is 7.73. The van der Waals surface area contributed by atoms with Crippen molar-refractivity contribution < 1.29 is 9.21 Å². The van der Waals surface area contributed by atoms with Gasteiger partial charge in [0.15, 0.2) is 10.1 Å². The number of rotatable bonds is 5. The molecule has 0 saturated heterocycles. The molecule has 4 aromatic rings. The predicted octanol–water partition coefficient (Wildman–Crippen LogP) is 4.19. The van der Waals surface area contributed by atoms with Crippen LogP contribution in [0, 0.1) is 0 Å². The van der Waals surface area contributed by atoms with Crippen LogP contribution in [0.4, 0.5) is 5.13 Å². The molecule has 0 aliphatic carbocycles. The largest absolute Gasteiger partial charge is 0.417 e. The highest BCUT2D eigenvalue weighted by Crippen LogP contribution is 2.28. The smallest absolute Gasteiger partial charge is 0.344 e. The molecule has 2 aromatic heterocycles. The number of aromatic nitrogens is 2. The molecule has 2 heterocycles. The highest BCUT2D eigenvalue weighted by Gasteiger charge is 2.15. The van der Waals surface area contributed by atoms with Crippen LogP contribution >= 0.6 is 23.1 Å². The summed E-state index contributed by atoms with van der Waals surface area (Å²) in [5.74, 6) is 0.171. The van der Waals surface area contributed by atoms with Gasteiger partial charge < -0.3 is 4.42 Å². The number of carbonyl (C=O) groups is 1. The minimum atomic E-state index is -0.547. The fraction of sp³-hybridized carbons (Fsp3) is 0.0526. The lowest BCUT2D eigenvalue weighted by atomic mass is 10.1. The van der Waals surface area contributed by atoms with E-state index in [1.165, 1.54) is 23.0 Å². The number of anilines is 1. The van der Waals surface area contributed by atoms with Crippen LogP contribution in [0.1, 0.15) is 16.1 Å². The van der Waals surface area contributed by atoms with Crippen molar-refractivity contribution in [1.82, 2.24) is 10.2 Å². The number of benzene rings is 2. The second-order valence-corrected chi connectivity index (χ2v) is 7.79. The summed E-state index contributed by atoms with van der Waals surface area (Å²) in [5, 5.41) is 12.1. The zero-order valence-corrected chi connectivity index (χ0v) is 15.5. The Labute approximate surface area is 162 Å². The van der Waals surface area contributed by atoms with Gasteiger partial charge in [-0.2, -0.15) is 0 Å². The molecule has 1 N–H and O–H groups in total. The second-order valence-electron chi connectivity index (χ2n) is 5.59. The molecule has 0 aliphatic rings. The number of amides is 1. The molecular weight excluding hydrogens is 382 g/mol. The van der Waals surface area contributed by atoms with E-state index in [1.807, 2.05) is 30.3 Å². The van der Waals surface area contributed by atoms with Crippen LogP contribution in [-0.2, 0) is 5.75 Å². The van der Waals surface area contributed by atoms with Crippen molar-refractivity contribution in [3.63, 3.8) is 0 Å². The Morgan fingerprint density at radius 1 is 1.07 bits per heavy atom. The van der Waals surface area contributed by atoms with Gasteiger partial charge in [-0.25, -0.2) is 4.79 Å². The van der Waals surface area contributed by atoms with Gasteiger partial charge in [-0.3, -0.25) is 10.1 Å². The molecule has 134 valence electrons. The SMILES string of the molecule is O=C(Nc1nnc(SCc2ccccc2)s1)c1cc2ccccc2c(=O)o1. The Hall–Kier alpha value is -2.97. The van der Waals surface area contributed by atoms with E-state index in [4.69, 9.17) is 4.42 Å². The van der Waals surface area contributed by atoms with Crippen molar-refractivity contribution in [1.29, 1.82) is 0 Å². The number of nitrogens with zero attached hydrogens (tertiary/aromatic N) is 2. The van der Waals surface area contributed by atoms with Crippen LogP contribution in [0.5, 0.6) is 0 Å². The zero-order valence-electron chi connectivity index (χ0n) is 13.9. The van der Waals surface area contributed by atoms with E-state index in [1.54, 1.807) is 36.0 Å². The van der Waals surface area contributed by atoms with Gasteiger partial charge in [-0.1, -0.05) is 71.6 Å². The maximum atomic E-state index is 12.4. The Balaban J connectivity index is 1.46. The normalized spacial score (nSPS) is 10.8. The molecule has 2 aromatic carbocycles. The Kier molecular flexibility index (Phi) is 4.99. The van der Waals surface area contributed by atoms with Gasteiger partial charge >= 0.3 is 5.63 Å². The average Bonchev–Trinajstić information content (AvgIpc) is 3.14. The summed E-state index contributed by atoms with van der Waals surface area (Å²) in [7, 11) is 0. The van der Waals surface area contributed by atoms with Gasteiger partial charge in [0.25, 0.3) is 5.91 Å². The molecule has 0 fully saturated rings. The van der Waals surface area contributed by atoms with Gasteiger partial charge in [-0.15, -0.1) is 10.2 Å². The molecule has 0 radical (unpaired) electrons. The van der Waals surface area contributed by atoms with Crippen molar-refractivity contribution in [2.75, 3.05) is 5.32 Å². The summed E-state index contributed by atoms with van der Waals surface area (Å²) >= 11 is 2.81. The molecule has 0 unspecified atom stereocenters. The number of thioether (sulfide) groups is 1. The molecule has 1 amide bonds. The van der Waals surface area contributed by atoms with Crippen molar-refractivity contribution in [2.45, 2.75) is 10.1 Å². The van der Waals surface area contributed by atoms with E-state index < -0.39 is 11.5 Å². The van der Waals surface area contributed by atoms with Crippen molar-refractivity contribution in [3.8, 4) is 0 Å². The minimum Gasteiger partial charge on any atom is -0.417 e. The maximum Gasteiger partial charge on any atom is 0.344 e. The van der Waals surface area contributed by atoms with E-state index >= 15 is 0 Å². The molecule has 0 aliphatic heterocycles. The summed E-state index contributed by atoms with van der Waals surface area (Å²) in [6.07, 6.45) is 0. The first kappa shape index (κ1) is 17.4. The quantitative estimate of drug-likeness (QED) is 0.403. The Morgan fingerprint density at radius 3 is 2.70 bits per heavy atom. The number of hydrogen-bond acceptors (Lipinski definition) is 7. The molecule has 0 atom stereocenters. The zero-order chi connectivity index (χ0) is 18.6. The van der Waals surface area contributed by atoms with Crippen LogP contribution in [0.3, 0.4) is 0 Å². The van der Waals surface area contributed by atoms with Crippen LogP contribution in [-0.4, -0.2) is 16.1 Å². The van der Waals surface area contributed by atoms with Gasteiger partial charge in [0.05, 0.1) is 5.39 Å². The van der Waals surface area contributed by atoms with Gasteiger partial charge in [0.2, 0.25) is 5.13 Å². The lowest BCUT2D eigenvalue weighted by molar-refractivity contribution is 0.0993. The maximum absolute atomic E-state index is 12.4. The first-order valence-corrected chi connectivity index (χ1v) is 9.84. The van der Waals surface area contributed by atoms with Crippen molar-refractivity contribution in [3.05, 3.63) is 82.4 Å². The number of fused-ring (bicyclic) bond motifs is 1. The molecule has 0 saturated carbocycles. The molecule has 4 rings (SSSR count). The predicted molar refractivity (Wildman–Crippen MR) is 106 cm³/mol. The summed E-state index contributed by atoms with van der Waals surface area (Å²) in [5.41, 5.74) is 0.635. The highest BCUT2D eigenvalue weighted by atomic mass is 32.2. The third-order valence-electron chi connectivity index (χ3n) is 3.73. The first-order chi connectivity index (χ1) is 13.2. The Bertz CT molecular complexity index is 1160. The van der Waals surface area contributed by atoms with Crippen LogP contribution < -0.4 is 10.9 Å². The summed E-state index contributed by atoms with van der Waals surface area (Å²) < 4.78 is 5.86. The topological polar surface area (TPSA) is 85.1 Å². The lowest BCUT2D eigenvalue weighted by Crippen LogP contribution is -2.14. The van der Waals surface area contributed by atoms with Crippen LogP contribution in [0.15, 0.2) is 74.2 Å². The molecule has 0 bridgehead atoms. The highest BCUT2D eigenvalue weighted by molar-refractivity contribution is 8.00. The van der Waals surface area contributed by atoms with E-state index in [0.29, 0.717) is 15.9 Å². The lowest BCUT2D eigenvalue weighted by Gasteiger charge is -2.01. The third-order valence-corrected chi connectivity index (χ3v) is 5.77. The molecule has 27 heavy (non-hydrogen) atoms. The van der Waals surface area contributed by atoms with Gasteiger partial charge in [0.1, 0.15) is 0 Å². The van der Waals surface area contributed by atoms with Crippen molar-refractivity contribution in [2.24, 2.45) is 0 Å². The molecule has 8 heteroatoms. The third kappa shape index (κ3) is 4.07. The van der Waals surface area contributed by atoms with E-state index in [0.717, 1.165) is 10.1 Å². The molecule has 6 nitrogen and oxygen atoms in total. The number of nitrogens with one attached hydrogen (secondary N) is 1. The minimum absolute atomic E-state index is 0.0626. The fourth-order valence-electron chi connectivity index (χ4n) is 2.44. The first-order valence-electron chi connectivity index (χ1n) is 8.03. The summed E-state index contributed by atoms with van der Waals surface area (Å²) in [6, 6.07) is 18.5. The summed E-state index contributed by atoms with van der Waals surface area (Å²) in [6.45, 7) is 0. The fourth-order valence-corrected chi connectivity index (χ4v) is 4.15. The summed E-state index contributed by atoms with van der Waals surface area (Å²) in [4.78, 5) is 24.4. The van der Waals surface area contributed by atoms with Crippen LogP contribution in [0.2, 0.25) is 0 Å². The number of carbonyl (C=O) groups excluding carboxylic acids is 1. The van der Waals surface area contributed by atoms with Crippen molar-refractivity contribution >= 4 is 44.9 Å². The standard InChI is InChI=1S/C19H13N3O3S2/c23-16(15-10-13-8-4-5-9-14(13)17(24)25-15)20-18-21-22-19(27-18)26-11-12-6-2-1-3-7-12/h1-10H,11H2,(H,20,21,23). The molecular formula is C19H13N3O3S2. The van der Waals surface area contributed by atoms with Crippen LogP contribution in [0.25, 0.3) is 10.8 Å². The van der Waals surface area contributed by atoms with E-state index in [-0.39, 0.29) is 5.76 Å². The number of hydrogen-bond donors (Lipinski definition) is 1. The average molecular weight is 395 g/mol. The van der Waals surface area contributed by atoms with E-state index in [2.05, 4.69) is 15.5 Å². The monoisotopic (exact) mass is 395 g/mol. The molecule has 0 spiro atoms. The van der Waals surface area contributed by atoms with Gasteiger partial charge in [0, 0.05) is 5.75 Å². The van der Waals surface area contributed by atoms with Gasteiger partial charge in [-0.05, 0) is 23.1 Å². The van der Waals surface area contributed by atoms with E-state index in [9.17, 15) is 9.59 Å².